The highest BCUT2D eigenvalue weighted by molar-refractivity contribution is 6.31. The predicted molar refractivity (Wildman–Crippen MR) is 50.7 cm³/mol. The van der Waals surface area contributed by atoms with Crippen molar-refractivity contribution in [3.05, 3.63) is 22.7 Å². The lowest BCUT2D eigenvalue weighted by atomic mass is 10.1. The maximum Gasteiger partial charge on any atom is 0.231 e. The molecule has 1 aliphatic carbocycles. The molecule has 1 aromatic rings. The standard InChI is InChI=1S/C10H9ClO3/c11-6-1-2-7-9(14-5-13-7)8(6)10(12)3-4-10/h1-2,12H,3-5H2. The number of hydrogen-bond donors (Lipinski definition) is 1. The first-order valence-electron chi connectivity index (χ1n) is 4.52. The van der Waals surface area contributed by atoms with E-state index in [1.165, 1.54) is 0 Å². The maximum atomic E-state index is 10.0. The lowest BCUT2D eigenvalue weighted by molar-refractivity contribution is 0.140. The number of aliphatic hydroxyl groups is 1. The summed E-state index contributed by atoms with van der Waals surface area (Å²) in [5.41, 5.74) is -0.0926. The van der Waals surface area contributed by atoms with Gasteiger partial charge in [-0.25, -0.2) is 0 Å². The molecule has 0 radical (unpaired) electrons. The van der Waals surface area contributed by atoms with Crippen molar-refractivity contribution >= 4 is 11.6 Å². The van der Waals surface area contributed by atoms with Gasteiger partial charge in [-0.15, -0.1) is 0 Å². The second-order valence-electron chi connectivity index (χ2n) is 3.69. The van der Waals surface area contributed by atoms with Crippen LogP contribution in [0.1, 0.15) is 18.4 Å². The Balaban J connectivity index is 2.21. The van der Waals surface area contributed by atoms with E-state index >= 15 is 0 Å². The van der Waals surface area contributed by atoms with Crippen LogP contribution >= 0.6 is 11.6 Å². The molecule has 1 aliphatic heterocycles. The van der Waals surface area contributed by atoms with Crippen molar-refractivity contribution in [2.24, 2.45) is 0 Å². The third-order valence-electron chi connectivity index (χ3n) is 2.68. The van der Waals surface area contributed by atoms with Gasteiger partial charge in [-0.2, -0.15) is 0 Å². The first-order chi connectivity index (χ1) is 6.71. The third-order valence-corrected chi connectivity index (χ3v) is 2.99. The lowest BCUT2D eigenvalue weighted by Crippen LogP contribution is -2.06. The fraction of sp³-hybridized carbons (Fsp3) is 0.400. The van der Waals surface area contributed by atoms with E-state index in [0.717, 1.165) is 12.8 Å². The molecule has 4 heteroatoms. The molecule has 74 valence electrons. The minimum atomic E-state index is -0.782. The van der Waals surface area contributed by atoms with Crippen LogP contribution in [0.5, 0.6) is 11.5 Å². The molecule has 1 fully saturated rings. The molecule has 0 unspecified atom stereocenters. The molecular formula is C10H9ClO3. The van der Waals surface area contributed by atoms with Gasteiger partial charge in [0.05, 0.1) is 10.6 Å². The normalized spacial score (nSPS) is 21.0. The molecule has 3 nitrogen and oxygen atoms in total. The molecule has 1 aromatic carbocycles. The van der Waals surface area contributed by atoms with Crippen molar-refractivity contribution in [1.82, 2.24) is 0 Å². The predicted octanol–water partition coefficient (Wildman–Crippen LogP) is 2.05. The summed E-state index contributed by atoms with van der Waals surface area (Å²) in [5, 5.41) is 10.6. The summed E-state index contributed by atoms with van der Waals surface area (Å²) in [5.74, 6) is 1.28. The van der Waals surface area contributed by atoms with E-state index in [1.807, 2.05) is 0 Å². The Morgan fingerprint density at radius 3 is 2.79 bits per heavy atom. The summed E-state index contributed by atoms with van der Waals surface area (Å²) in [4.78, 5) is 0. The van der Waals surface area contributed by atoms with Crippen molar-refractivity contribution in [3.8, 4) is 11.5 Å². The molecule has 3 rings (SSSR count). The van der Waals surface area contributed by atoms with Gasteiger partial charge in [0.15, 0.2) is 11.5 Å². The van der Waals surface area contributed by atoms with Gasteiger partial charge in [0.2, 0.25) is 6.79 Å². The molecular weight excluding hydrogens is 204 g/mol. The smallest absolute Gasteiger partial charge is 0.231 e. The van der Waals surface area contributed by atoms with E-state index in [-0.39, 0.29) is 6.79 Å². The van der Waals surface area contributed by atoms with Gasteiger partial charge < -0.3 is 14.6 Å². The van der Waals surface area contributed by atoms with Gasteiger partial charge in [0.25, 0.3) is 0 Å². The summed E-state index contributed by atoms with van der Waals surface area (Å²) < 4.78 is 10.5. The van der Waals surface area contributed by atoms with E-state index in [4.69, 9.17) is 21.1 Å². The Kier molecular flexibility index (Phi) is 1.53. The maximum absolute atomic E-state index is 10.0. The van der Waals surface area contributed by atoms with Crippen LogP contribution in [-0.4, -0.2) is 11.9 Å². The number of rotatable bonds is 1. The minimum absolute atomic E-state index is 0.207. The van der Waals surface area contributed by atoms with E-state index in [9.17, 15) is 5.11 Å². The number of halogens is 1. The van der Waals surface area contributed by atoms with Gasteiger partial charge in [-0.1, -0.05) is 11.6 Å². The van der Waals surface area contributed by atoms with Crippen molar-refractivity contribution in [2.75, 3.05) is 6.79 Å². The van der Waals surface area contributed by atoms with Gasteiger partial charge in [0.1, 0.15) is 0 Å². The molecule has 0 atom stereocenters. The molecule has 2 aliphatic rings. The van der Waals surface area contributed by atoms with Gasteiger partial charge >= 0.3 is 0 Å². The van der Waals surface area contributed by atoms with E-state index in [0.29, 0.717) is 22.1 Å². The summed E-state index contributed by atoms with van der Waals surface area (Å²) in [6.45, 7) is 0.207. The average Bonchev–Trinajstić information content (AvgIpc) is 2.74. The Morgan fingerprint density at radius 2 is 2.07 bits per heavy atom. The van der Waals surface area contributed by atoms with Gasteiger partial charge in [-0.05, 0) is 25.0 Å². The van der Waals surface area contributed by atoms with Crippen LogP contribution < -0.4 is 9.47 Å². The van der Waals surface area contributed by atoms with Crippen LogP contribution in [0, 0.1) is 0 Å². The molecule has 0 aromatic heterocycles. The first kappa shape index (κ1) is 8.38. The van der Waals surface area contributed by atoms with E-state index in [2.05, 4.69) is 0 Å². The quantitative estimate of drug-likeness (QED) is 0.775. The summed E-state index contributed by atoms with van der Waals surface area (Å²) in [7, 11) is 0. The number of fused-ring (bicyclic) bond motifs is 1. The minimum Gasteiger partial charge on any atom is -0.454 e. The molecule has 1 saturated carbocycles. The molecule has 1 heterocycles. The van der Waals surface area contributed by atoms with Crippen LogP contribution in [0.25, 0.3) is 0 Å². The van der Waals surface area contributed by atoms with Crippen LogP contribution in [0.4, 0.5) is 0 Å². The van der Waals surface area contributed by atoms with Crippen molar-refractivity contribution in [3.63, 3.8) is 0 Å². The Hall–Kier alpha value is -0.930. The van der Waals surface area contributed by atoms with Crippen LogP contribution in [0.15, 0.2) is 12.1 Å². The van der Waals surface area contributed by atoms with Crippen LogP contribution in [0.3, 0.4) is 0 Å². The van der Waals surface area contributed by atoms with E-state index < -0.39 is 5.60 Å². The average molecular weight is 213 g/mol. The van der Waals surface area contributed by atoms with E-state index in [1.54, 1.807) is 12.1 Å². The zero-order valence-electron chi connectivity index (χ0n) is 7.42. The second kappa shape index (κ2) is 2.55. The number of hydrogen-bond acceptors (Lipinski definition) is 3. The molecule has 0 saturated heterocycles. The highest BCUT2D eigenvalue weighted by atomic mass is 35.5. The highest BCUT2D eigenvalue weighted by Gasteiger charge is 2.47. The van der Waals surface area contributed by atoms with Gasteiger partial charge in [-0.3, -0.25) is 0 Å². The Morgan fingerprint density at radius 1 is 1.29 bits per heavy atom. The van der Waals surface area contributed by atoms with Crippen molar-refractivity contribution < 1.29 is 14.6 Å². The fourth-order valence-corrected chi connectivity index (χ4v) is 2.08. The Bertz CT molecular complexity index is 399. The largest absolute Gasteiger partial charge is 0.454 e. The molecule has 0 spiro atoms. The zero-order valence-corrected chi connectivity index (χ0v) is 8.17. The van der Waals surface area contributed by atoms with Crippen LogP contribution in [-0.2, 0) is 5.60 Å². The Labute approximate surface area is 86.2 Å². The molecule has 14 heavy (non-hydrogen) atoms. The SMILES string of the molecule is OC1(c2c(Cl)ccc3c2OCO3)CC1. The number of benzene rings is 1. The first-order valence-corrected chi connectivity index (χ1v) is 4.89. The molecule has 1 N–H and O–H groups in total. The van der Waals surface area contributed by atoms with Gasteiger partial charge in [0, 0.05) is 5.56 Å². The van der Waals surface area contributed by atoms with Crippen molar-refractivity contribution in [1.29, 1.82) is 0 Å². The van der Waals surface area contributed by atoms with Crippen molar-refractivity contribution in [2.45, 2.75) is 18.4 Å². The molecule has 0 amide bonds. The van der Waals surface area contributed by atoms with Crippen LogP contribution in [0.2, 0.25) is 5.02 Å². The highest BCUT2D eigenvalue weighted by Crippen LogP contribution is 2.54. The lowest BCUT2D eigenvalue weighted by Gasteiger charge is -2.12. The topological polar surface area (TPSA) is 38.7 Å². The number of ether oxygens (including phenoxy) is 2. The summed E-state index contributed by atoms with van der Waals surface area (Å²) >= 11 is 6.04. The summed E-state index contributed by atoms with van der Waals surface area (Å²) in [6.07, 6.45) is 1.49. The third kappa shape index (κ3) is 1.03. The fourth-order valence-electron chi connectivity index (χ4n) is 1.75. The monoisotopic (exact) mass is 212 g/mol. The summed E-state index contributed by atoms with van der Waals surface area (Å²) in [6, 6.07) is 3.50. The zero-order chi connectivity index (χ0) is 9.76. The molecule has 0 bridgehead atoms. The second-order valence-corrected chi connectivity index (χ2v) is 4.09.